The number of esters is 1. The summed E-state index contributed by atoms with van der Waals surface area (Å²) in [6.45, 7) is 0. The summed E-state index contributed by atoms with van der Waals surface area (Å²) < 4.78 is 17.2. The SMILES string of the molecule is COC(=O)CC(NC(=O)c1cccc(F)c1)C(=O)O. The van der Waals surface area contributed by atoms with Crippen molar-refractivity contribution >= 4 is 17.8 Å². The lowest BCUT2D eigenvalue weighted by Gasteiger charge is -2.13. The fourth-order valence-electron chi connectivity index (χ4n) is 1.32. The van der Waals surface area contributed by atoms with Gasteiger partial charge in [-0.1, -0.05) is 6.07 Å². The fourth-order valence-corrected chi connectivity index (χ4v) is 1.32. The van der Waals surface area contributed by atoms with E-state index in [0.717, 1.165) is 19.2 Å². The number of aliphatic carboxylic acids is 1. The number of halogens is 1. The van der Waals surface area contributed by atoms with E-state index < -0.39 is 36.1 Å². The number of hydrogen-bond donors (Lipinski definition) is 2. The number of rotatable bonds is 5. The number of hydrogen-bond acceptors (Lipinski definition) is 4. The predicted octanol–water partition coefficient (Wildman–Crippen LogP) is 0.572. The molecule has 0 aliphatic carbocycles. The maximum absolute atomic E-state index is 12.9. The molecule has 0 spiro atoms. The molecule has 1 atom stereocenters. The molecular formula is C12H12FNO5. The number of carbonyl (C=O) groups is 3. The Hall–Kier alpha value is -2.44. The van der Waals surface area contributed by atoms with Gasteiger partial charge >= 0.3 is 11.9 Å². The van der Waals surface area contributed by atoms with E-state index in [1.54, 1.807) is 0 Å². The van der Waals surface area contributed by atoms with Gasteiger partial charge in [-0.25, -0.2) is 9.18 Å². The van der Waals surface area contributed by atoms with Gasteiger partial charge in [-0.05, 0) is 18.2 Å². The summed E-state index contributed by atoms with van der Waals surface area (Å²) >= 11 is 0. The Morgan fingerprint density at radius 2 is 2.11 bits per heavy atom. The standard InChI is InChI=1S/C12H12FNO5/c1-19-10(15)6-9(12(17)18)14-11(16)7-3-2-4-8(13)5-7/h2-5,9H,6H2,1H3,(H,14,16)(H,17,18). The van der Waals surface area contributed by atoms with E-state index in [0.29, 0.717) is 0 Å². The Labute approximate surface area is 108 Å². The molecule has 0 heterocycles. The third-order valence-corrected chi connectivity index (χ3v) is 2.29. The molecule has 1 aromatic rings. The number of carboxylic acids is 1. The molecule has 0 saturated heterocycles. The van der Waals surface area contributed by atoms with Crippen LogP contribution in [-0.2, 0) is 14.3 Å². The van der Waals surface area contributed by atoms with Crippen molar-refractivity contribution in [2.75, 3.05) is 7.11 Å². The van der Waals surface area contributed by atoms with Gasteiger partial charge in [0, 0.05) is 5.56 Å². The molecular weight excluding hydrogens is 257 g/mol. The maximum Gasteiger partial charge on any atom is 0.326 e. The molecule has 1 aromatic carbocycles. The van der Waals surface area contributed by atoms with E-state index in [1.807, 2.05) is 0 Å². The summed E-state index contributed by atoms with van der Waals surface area (Å²) in [5, 5.41) is 11.0. The molecule has 19 heavy (non-hydrogen) atoms. The van der Waals surface area contributed by atoms with Crippen LogP contribution in [0.15, 0.2) is 24.3 Å². The zero-order valence-electron chi connectivity index (χ0n) is 10.1. The van der Waals surface area contributed by atoms with Gasteiger partial charge < -0.3 is 15.2 Å². The number of nitrogens with one attached hydrogen (secondary N) is 1. The molecule has 0 aliphatic heterocycles. The Balaban J connectivity index is 2.77. The van der Waals surface area contributed by atoms with Crippen LogP contribution in [0, 0.1) is 5.82 Å². The molecule has 0 radical (unpaired) electrons. The number of benzene rings is 1. The van der Waals surface area contributed by atoms with Gasteiger partial charge in [0.25, 0.3) is 5.91 Å². The molecule has 102 valence electrons. The highest BCUT2D eigenvalue weighted by atomic mass is 19.1. The van der Waals surface area contributed by atoms with Crippen LogP contribution >= 0.6 is 0 Å². The minimum Gasteiger partial charge on any atom is -0.480 e. The topological polar surface area (TPSA) is 92.7 Å². The van der Waals surface area contributed by atoms with Crippen molar-refractivity contribution in [2.45, 2.75) is 12.5 Å². The summed E-state index contributed by atoms with van der Waals surface area (Å²) in [5.41, 5.74) is -0.0314. The second-order valence-electron chi connectivity index (χ2n) is 3.65. The van der Waals surface area contributed by atoms with Gasteiger partial charge in [0.05, 0.1) is 13.5 Å². The summed E-state index contributed by atoms with van der Waals surface area (Å²) in [5.74, 6) is -3.55. The van der Waals surface area contributed by atoms with Crippen molar-refractivity contribution in [3.8, 4) is 0 Å². The monoisotopic (exact) mass is 269 g/mol. The van der Waals surface area contributed by atoms with Crippen LogP contribution in [-0.4, -0.2) is 36.1 Å². The first-order chi connectivity index (χ1) is 8.93. The van der Waals surface area contributed by atoms with Crippen LogP contribution in [0.5, 0.6) is 0 Å². The van der Waals surface area contributed by atoms with Crippen molar-refractivity contribution in [2.24, 2.45) is 0 Å². The molecule has 7 heteroatoms. The van der Waals surface area contributed by atoms with Gasteiger partial charge in [-0.15, -0.1) is 0 Å². The zero-order valence-corrected chi connectivity index (χ0v) is 10.1. The molecule has 1 amide bonds. The lowest BCUT2D eigenvalue weighted by Crippen LogP contribution is -2.42. The molecule has 1 unspecified atom stereocenters. The molecule has 0 aromatic heterocycles. The maximum atomic E-state index is 12.9. The number of ether oxygens (including phenoxy) is 1. The van der Waals surface area contributed by atoms with Crippen molar-refractivity contribution in [3.63, 3.8) is 0 Å². The number of carbonyl (C=O) groups excluding carboxylic acids is 2. The average Bonchev–Trinajstić information content (AvgIpc) is 2.37. The molecule has 0 fully saturated rings. The lowest BCUT2D eigenvalue weighted by atomic mass is 10.1. The minimum absolute atomic E-state index is 0.0314. The number of amides is 1. The van der Waals surface area contributed by atoms with Gasteiger partial charge in [0.15, 0.2) is 0 Å². The van der Waals surface area contributed by atoms with E-state index in [9.17, 15) is 18.8 Å². The largest absolute Gasteiger partial charge is 0.480 e. The highest BCUT2D eigenvalue weighted by Crippen LogP contribution is 2.05. The van der Waals surface area contributed by atoms with Crippen molar-refractivity contribution in [1.82, 2.24) is 5.32 Å². The number of carboxylic acid groups (broad SMARTS) is 1. The van der Waals surface area contributed by atoms with Crippen LogP contribution in [0.4, 0.5) is 4.39 Å². The molecule has 0 bridgehead atoms. The van der Waals surface area contributed by atoms with Crippen molar-refractivity contribution in [3.05, 3.63) is 35.6 Å². The van der Waals surface area contributed by atoms with Gasteiger partial charge in [-0.3, -0.25) is 9.59 Å². The smallest absolute Gasteiger partial charge is 0.326 e. The lowest BCUT2D eigenvalue weighted by molar-refractivity contribution is -0.147. The third-order valence-electron chi connectivity index (χ3n) is 2.29. The van der Waals surface area contributed by atoms with Gasteiger partial charge in [0.2, 0.25) is 0 Å². The molecule has 1 rings (SSSR count). The second-order valence-corrected chi connectivity index (χ2v) is 3.65. The zero-order chi connectivity index (χ0) is 14.4. The fraction of sp³-hybridized carbons (Fsp3) is 0.250. The van der Waals surface area contributed by atoms with E-state index >= 15 is 0 Å². The van der Waals surface area contributed by atoms with Crippen LogP contribution in [0.25, 0.3) is 0 Å². The second kappa shape index (κ2) is 6.48. The van der Waals surface area contributed by atoms with E-state index in [2.05, 4.69) is 10.1 Å². The third kappa shape index (κ3) is 4.38. The van der Waals surface area contributed by atoms with Gasteiger partial charge in [0.1, 0.15) is 11.9 Å². The first-order valence-corrected chi connectivity index (χ1v) is 5.30. The predicted molar refractivity (Wildman–Crippen MR) is 61.9 cm³/mol. The van der Waals surface area contributed by atoms with E-state index in [-0.39, 0.29) is 5.56 Å². The van der Waals surface area contributed by atoms with E-state index in [1.165, 1.54) is 12.1 Å². The normalized spacial score (nSPS) is 11.5. The number of methoxy groups -OCH3 is 1. The molecule has 2 N–H and O–H groups in total. The quantitative estimate of drug-likeness (QED) is 0.762. The summed E-state index contributed by atoms with van der Waals surface area (Å²) in [4.78, 5) is 33.6. The summed E-state index contributed by atoms with van der Waals surface area (Å²) in [7, 11) is 1.11. The van der Waals surface area contributed by atoms with Crippen LogP contribution in [0.1, 0.15) is 16.8 Å². The first kappa shape index (κ1) is 14.6. The van der Waals surface area contributed by atoms with Crippen LogP contribution < -0.4 is 5.32 Å². The van der Waals surface area contributed by atoms with Crippen LogP contribution in [0.3, 0.4) is 0 Å². The first-order valence-electron chi connectivity index (χ1n) is 5.30. The minimum atomic E-state index is -1.43. The Morgan fingerprint density at radius 1 is 1.42 bits per heavy atom. The van der Waals surface area contributed by atoms with Crippen molar-refractivity contribution < 1.29 is 28.6 Å². The molecule has 0 saturated carbocycles. The Morgan fingerprint density at radius 3 is 2.63 bits per heavy atom. The highest BCUT2D eigenvalue weighted by molar-refractivity contribution is 5.97. The Bertz CT molecular complexity index is 503. The highest BCUT2D eigenvalue weighted by Gasteiger charge is 2.24. The average molecular weight is 269 g/mol. The van der Waals surface area contributed by atoms with Crippen LogP contribution in [0.2, 0.25) is 0 Å². The summed E-state index contributed by atoms with van der Waals surface area (Å²) in [6.07, 6.45) is -0.507. The summed E-state index contributed by atoms with van der Waals surface area (Å²) in [6, 6.07) is 3.34. The van der Waals surface area contributed by atoms with Gasteiger partial charge in [-0.2, -0.15) is 0 Å². The molecule has 0 aliphatic rings. The van der Waals surface area contributed by atoms with Crippen molar-refractivity contribution in [1.29, 1.82) is 0 Å². The molecule has 6 nitrogen and oxygen atoms in total. The Kier molecular flexibility index (Phi) is 4.99. The van der Waals surface area contributed by atoms with E-state index in [4.69, 9.17) is 5.11 Å².